The Morgan fingerprint density at radius 3 is 2.33 bits per heavy atom. The largest absolute Gasteiger partial charge is 0.352 e. The molecule has 0 radical (unpaired) electrons. The van der Waals surface area contributed by atoms with Crippen LogP contribution in [0.2, 0.25) is 0 Å². The van der Waals surface area contributed by atoms with Crippen molar-refractivity contribution in [2.75, 3.05) is 17.1 Å². The molecule has 0 aromatic heterocycles. The lowest BCUT2D eigenvalue weighted by Crippen LogP contribution is -2.43. The van der Waals surface area contributed by atoms with Gasteiger partial charge in [0, 0.05) is 6.04 Å². The maximum atomic E-state index is 12.0. The number of sulfonamides is 1. The van der Waals surface area contributed by atoms with Gasteiger partial charge in [0.1, 0.15) is 6.54 Å². The van der Waals surface area contributed by atoms with Gasteiger partial charge in [-0.3, -0.25) is 9.10 Å². The van der Waals surface area contributed by atoms with Crippen LogP contribution in [0.1, 0.15) is 32.3 Å². The number of benzene rings is 1. The van der Waals surface area contributed by atoms with Crippen molar-refractivity contribution in [3.05, 3.63) is 29.8 Å². The fourth-order valence-electron chi connectivity index (χ4n) is 2.07. The molecule has 0 aliphatic carbocycles. The fraction of sp³-hybridized carbons (Fsp3) is 0.533. The summed E-state index contributed by atoms with van der Waals surface area (Å²) < 4.78 is 24.9. The average molecular weight is 312 g/mol. The third kappa shape index (κ3) is 5.75. The number of carbonyl (C=O) groups excluding carboxylic acids is 1. The van der Waals surface area contributed by atoms with Crippen molar-refractivity contribution in [3.8, 4) is 0 Å². The summed E-state index contributed by atoms with van der Waals surface area (Å²) >= 11 is 0. The minimum atomic E-state index is -3.50. The van der Waals surface area contributed by atoms with Crippen molar-refractivity contribution in [2.24, 2.45) is 0 Å². The maximum Gasteiger partial charge on any atom is 0.240 e. The number of nitrogens with one attached hydrogen (secondary N) is 1. The lowest BCUT2D eigenvalue weighted by Gasteiger charge is -2.23. The molecule has 1 atom stereocenters. The molecule has 0 saturated heterocycles. The van der Waals surface area contributed by atoms with E-state index in [1.165, 1.54) is 0 Å². The van der Waals surface area contributed by atoms with E-state index in [4.69, 9.17) is 0 Å². The number of hydrogen-bond donors (Lipinski definition) is 1. The first kappa shape index (κ1) is 17.5. The molecule has 1 amide bonds. The molecule has 0 heterocycles. The van der Waals surface area contributed by atoms with Crippen molar-refractivity contribution in [1.29, 1.82) is 0 Å². The Morgan fingerprint density at radius 1 is 1.29 bits per heavy atom. The van der Waals surface area contributed by atoms with Crippen molar-refractivity contribution in [1.82, 2.24) is 5.32 Å². The lowest BCUT2D eigenvalue weighted by molar-refractivity contribution is -0.120. The molecule has 5 nitrogen and oxygen atoms in total. The van der Waals surface area contributed by atoms with Gasteiger partial charge < -0.3 is 5.32 Å². The predicted molar refractivity (Wildman–Crippen MR) is 85.9 cm³/mol. The molecule has 1 aromatic rings. The lowest BCUT2D eigenvalue weighted by atomic mass is 10.2. The van der Waals surface area contributed by atoms with E-state index < -0.39 is 10.0 Å². The summed E-state index contributed by atoms with van der Waals surface area (Å²) in [6.07, 6.45) is 2.94. The zero-order chi connectivity index (χ0) is 16.0. The second kappa shape index (κ2) is 7.45. The Kier molecular flexibility index (Phi) is 6.20. The van der Waals surface area contributed by atoms with Gasteiger partial charge in [0.2, 0.25) is 15.9 Å². The Balaban J connectivity index is 2.86. The van der Waals surface area contributed by atoms with Crippen molar-refractivity contribution in [2.45, 2.75) is 39.7 Å². The summed E-state index contributed by atoms with van der Waals surface area (Å²) in [5.74, 6) is -0.290. The molecule has 118 valence electrons. The van der Waals surface area contributed by atoms with Gasteiger partial charge in [-0.25, -0.2) is 8.42 Å². The van der Waals surface area contributed by atoms with Gasteiger partial charge in [-0.05, 0) is 32.4 Å². The van der Waals surface area contributed by atoms with E-state index in [-0.39, 0.29) is 18.5 Å². The molecule has 0 saturated carbocycles. The number of rotatable bonds is 7. The number of carbonyl (C=O) groups is 1. The molecule has 0 aliphatic rings. The first-order valence-corrected chi connectivity index (χ1v) is 8.92. The molecule has 21 heavy (non-hydrogen) atoms. The summed E-state index contributed by atoms with van der Waals surface area (Å²) in [7, 11) is -3.50. The first-order valence-electron chi connectivity index (χ1n) is 7.07. The maximum absolute atomic E-state index is 12.0. The van der Waals surface area contributed by atoms with Crippen LogP contribution < -0.4 is 9.62 Å². The highest BCUT2D eigenvalue weighted by Gasteiger charge is 2.21. The summed E-state index contributed by atoms with van der Waals surface area (Å²) in [4.78, 5) is 12.0. The minimum absolute atomic E-state index is 0.0435. The third-order valence-corrected chi connectivity index (χ3v) is 4.28. The molecule has 6 heteroatoms. The van der Waals surface area contributed by atoms with E-state index in [1.54, 1.807) is 12.1 Å². The molecular weight excluding hydrogens is 288 g/mol. The van der Waals surface area contributed by atoms with Crippen LogP contribution in [-0.2, 0) is 14.8 Å². The standard InChI is InChI=1S/C15H24N2O3S/c1-5-6-13(3)16-15(18)11-17(21(4,19)20)14-9-7-12(2)8-10-14/h7-10,13H,5-6,11H2,1-4H3,(H,16,18)/t13-/m1/s1. The molecule has 1 rings (SSSR count). The van der Waals surface area contributed by atoms with Crippen molar-refractivity contribution < 1.29 is 13.2 Å². The number of anilines is 1. The summed E-state index contributed by atoms with van der Waals surface area (Å²) in [6, 6.07) is 7.11. The molecule has 0 bridgehead atoms. The summed E-state index contributed by atoms with van der Waals surface area (Å²) in [5, 5.41) is 2.82. The van der Waals surface area contributed by atoms with Crippen LogP contribution >= 0.6 is 0 Å². The second-order valence-electron chi connectivity index (χ2n) is 5.36. The van der Waals surface area contributed by atoms with Gasteiger partial charge in [-0.15, -0.1) is 0 Å². The van der Waals surface area contributed by atoms with E-state index in [1.807, 2.05) is 32.9 Å². The van der Waals surface area contributed by atoms with Gasteiger partial charge in [0.25, 0.3) is 0 Å². The van der Waals surface area contributed by atoms with E-state index in [0.717, 1.165) is 29.0 Å². The van der Waals surface area contributed by atoms with Crippen LogP contribution in [0.25, 0.3) is 0 Å². The number of nitrogens with zero attached hydrogens (tertiary/aromatic N) is 1. The van der Waals surface area contributed by atoms with Gasteiger partial charge >= 0.3 is 0 Å². The highest BCUT2D eigenvalue weighted by molar-refractivity contribution is 7.92. The van der Waals surface area contributed by atoms with Gasteiger partial charge in [0.05, 0.1) is 11.9 Å². The van der Waals surface area contributed by atoms with Crippen LogP contribution in [-0.4, -0.2) is 33.2 Å². The molecule has 0 aliphatic heterocycles. The molecule has 0 fully saturated rings. The highest BCUT2D eigenvalue weighted by atomic mass is 32.2. The number of hydrogen-bond acceptors (Lipinski definition) is 3. The second-order valence-corrected chi connectivity index (χ2v) is 7.27. The van der Waals surface area contributed by atoms with Crippen molar-refractivity contribution in [3.63, 3.8) is 0 Å². The first-order chi connectivity index (χ1) is 9.74. The minimum Gasteiger partial charge on any atom is -0.352 e. The van der Waals surface area contributed by atoms with Gasteiger partial charge in [0.15, 0.2) is 0 Å². The predicted octanol–water partition coefficient (Wildman–Crippen LogP) is 2.07. The quantitative estimate of drug-likeness (QED) is 0.838. The Labute approximate surface area is 127 Å². The zero-order valence-electron chi connectivity index (χ0n) is 13.1. The average Bonchev–Trinajstić information content (AvgIpc) is 2.36. The van der Waals surface area contributed by atoms with E-state index in [2.05, 4.69) is 5.32 Å². The van der Waals surface area contributed by atoms with Crippen LogP contribution in [0.3, 0.4) is 0 Å². The van der Waals surface area contributed by atoms with Gasteiger partial charge in [-0.1, -0.05) is 31.0 Å². The molecule has 0 unspecified atom stereocenters. The van der Waals surface area contributed by atoms with E-state index >= 15 is 0 Å². The molecule has 1 N–H and O–H groups in total. The number of amides is 1. The smallest absolute Gasteiger partial charge is 0.240 e. The Hall–Kier alpha value is -1.56. The van der Waals surface area contributed by atoms with Crippen LogP contribution in [0.4, 0.5) is 5.69 Å². The third-order valence-electron chi connectivity index (χ3n) is 3.14. The van der Waals surface area contributed by atoms with E-state index in [9.17, 15) is 13.2 Å². The Morgan fingerprint density at radius 2 is 1.86 bits per heavy atom. The Bertz CT molecular complexity index is 567. The highest BCUT2D eigenvalue weighted by Crippen LogP contribution is 2.17. The summed E-state index contributed by atoms with van der Waals surface area (Å²) in [5.41, 5.74) is 1.54. The van der Waals surface area contributed by atoms with Crippen LogP contribution in [0.5, 0.6) is 0 Å². The molecule has 0 spiro atoms. The monoisotopic (exact) mass is 312 g/mol. The number of aryl methyl sites for hydroxylation is 1. The van der Waals surface area contributed by atoms with E-state index in [0.29, 0.717) is 5.69 Å². The van der Waals surface area contributed by atoms with Crippen molar-refractivity contribution >= 4 is 21.6 Å². The van der Waals surface area contributed by atoms with Gasteiger partial charge in [-0.2, -0.15) is 0 Å². The summed E-state index contributed by atoms with van der Waals surface area (Å²) in [6.45, 7) is 5.68. The molecular formula is C15H24N2O3S. The zero-order valence-corrected chi connectivity index (χ0v) is 13.9. The molecule has 1 aromatic carbocycles. The van der Waals surface area contributed by atoms with Crippen LogP contribution in [0, 0.1) is 6.92 Å². The van der Waals surface area contributed by atoms with Crippen LogP contribution in [0.15, 0.2) is 24.3 Å². The SMILES string of the molecule is CCC[C@@H](C)NC(=O)CN(c1ccc(C)cc1)S(C)(=O)=O. The topological polar surface area (TPSA) is 66.5 Å². The fourth-order valence-corrected chi connectivity index (χ4v) is 2.92. The normalized spacial score (nSPS) is 12.8.